The van der Waals surface area contributed by atoms with Gasteiger partial charge in [0.05, 0.1) is 0 Å². The predicted molar refractivity (Wildman–Crippen MR) is 102 cm³/mol. The van der Waals surface area contributed by atoms with Crippen LogP contribution in [0.1, 0.15) is 48.9 Å². The van der Waals surface area contributed by atoms with Gasteiger partial charge in [0.1, 0.15) is 0 Å². The molecule has 5 heteroatoms. The van der Waals surface area contributed by atoms with Gasteiger partial charge in [-0.15, -0.1) is 11.8 Å². The molecule has 136 valence electrons. The molecule has 1 aliphatic carbocycles. The first kappa shape index (κ1) is 18.3. The summed E-state index contributed by atoms with van der Waals surface area (Å²) >= 11 is 1.67. The molecule has 0 aromatic heterocycles. The molecule has 2 amide bonds. The Kier molecular flexibility index (Phi) is 6.40. The van der Waals surface area contributed by atoms with Crippen molar-refractivity contribution in [3.05, 3.63) is 29.8 Å². The van der Waals surface area contributed by atoms with Crippen molar-refractivity contribution < 1.29 is 9.59 Å². The fraction of sp³-hybridized carbons (Fsp3) is 0.600. The molecule has 0 bridgehead atoms. The Labute approximate surface area is 154 Å². The highest BCUT2D eigenvalue weighted by atomic mass is 32.2. The summed E-state index contributed by atoms with van der Waals surface area (Å²) < 4.78 is 0. The molecular weight excluding hydrogens is 332 g/mol. The largest absolute Gasteiger partial charge is 0.339 e. The first-order valence-electron chi connectivity index (χ1n) is 9.38. The fourth-order valence-corrected chi connectivity index (χ4v) is 4.27. The van der Waals surface area contributed by atoms with Gasteiger partial charge in [-0.1, -0.05) is 25.7 Å². The number of hydrogen-bond acceptors (Lipinski definition) is 3. The second-order valence-electron chi connectivity index (χ2n) is 7.09. The van der Waals surface area contributed by atoms with Crippen LogP contribution in [-0.2, 0) is 4.79 Å². The smallest absolute Gasteiger partial charge is 0.253 e. The zero-order valence-corrected chi connectivity index (χ0v) is 15.9. The maximum Gasteiger partial charge on any atom is 0.253 e. The van der Waals surface area contributed by atoms with Gasteiger partial charge < -0.3 is 9.80 Å². The van der Waals surface area contributed by atoms with E-state index in [9.17, 15) is 9.59 Å². The minimum Gasteiger partial charge on any atom is -0.339 e. The summed E-state index contributed by atoms with van der Waals surface area (Å²) in [6, 6.07) is 7.77. The quantitative estimate of drug-likeness (QED) is 0.753. The van der Waals surface area contributed by atoms with Gasteiger partial charge in [0.25, 0.3) is 5.91 Å². The van der Waals surface area contributed by atoms with Crippen LogP contribution in [-0.4, -0.2) is 54.0 Å². The summed E-state index contributed by atoms with van der Waals surface area (Å²) in [6.45, 7) is 2.60. The van der Waals surface area contributed by atoms with Crippen molar-refractivity contribution >= 4 is 23.6 Å². The van der Waals surface area contributed by atoms with Gasteiger partial charge in [0, 0.05) is 43.1 Å². The molecule has 2 aliphatic rings. The maximum absolute atomic E-state index is 12.6. The number of amides is 2. The highest BCUT2D eigenvalue weighted by Gasteiger charge is 2.25. The molecule has 1 aromatic rings. The molecule has 0 spiro atoms. The zero-order valence-electron chi connectivity index (χ0n) is 15.1. The number of carbonyl (C=O) groups excluding carboxylic acids is 2. The van der Waals surface area contributed by atoms with E-state index in [1.807, 2.05) is 40.3 Å². The lowest BCUT2D eigenvalue weighted by molar-refractivity contribution is -0.133. The number of hydrogen-bond donors (Lipinski definition) is 0. The monoisotopic (exact) mass is 360 g/mol. The van der Waals surface area contributed by atoms with Crippen LogP contribution in [0.2, 0.25) is 0 Å². The Morgan fingerprint density at radius 3 is 2.20 bits per heavy atom. The topological polar surface area (TPSA) is 40.6 Å². The van der Waals surface area contributed by atoms with Crippen molar-refractivity contribution in [3.8, 4) is 0 Å². The molecule has 3 rings (SSSR count). The van der Waals surface area contributed by atoms with Crippen molar-refractivity contribution in [2.45, 2.75) is 43.4 Å². The van der Waals surface area contributed by atoms with Crippen LogP contribution >= 0.6 is 11.8 Å². The summed E-state index contributed by atoms with van der Waals surface area (Å²) in [5.41, 5.74) is 0.735. The molecule has 1 aliphatic heterocycles. The second kappa shape index (κ2) is 8.75. The molecule has 1 aromatic carbocycles. The van der Waals surface area contributed by atoms with E-state index in [0.29, 0.717) is 32.6 Å². The minimum absolute atomic E-state index is 0.0747. The summed E-state index contributed by atoms with van der Waals surface area (Å²) in [6.07, 6.45) is 9.00. The van der Waals surface area contributed by atoms with E-state index >= 15 is 0 Å². The van der Waals surface area contributed by atoms with E-state index < -0.39 is 0 Å². The predicted octanol–water partition coefficient (Wildman–Crippen LogP) is 3.66. The molecular formula is C20H28N2O2S. The average molecular weight is 361 g/mol. The summed E-state index contributed by atoms with van der Waals surface area (Å²) in [7, 11) is 0. The lowest BCUT2D eigenvalue weighted by Gasteiger charge is -2.35. The van der Waals surface area contributed by atoms with Crippen molar-refractivity contribution in [2.75, 3.05) is 32.4 Å². The fourth-order valence-electron chi connectivity index (χ4n) is 3.86. The molecule has 4 nitrogen and oxygen atoms in total. The van der Waals surface area contributed by atoms with E-state index in [-0.39, 0.29) is 11.8 Å². The number of piperazine rings is 1. The first-order chi connectivity index (χ1) is 12.2. The highest BCUT2D eigenvalue weighted by Crippen LogP contribution is 2.28. The molecule has 0 unspecified atom stereocenters. The van der Waals surface area contributed by atoms with Gasteiger partial charge in [-0.25, -0.2) is 0 Å². The third-order valence-electron chi connectivity index (χ3n) is 5.50. The molecule has 25 heavy (non-hydrogen) atoms. The van der Waals surface area contributed by atoms with E-state index in [4.69, 9.17) is 0 Å². The standard InChI is InChI=1S/C20H28N2O2S/c1-25-18-9-7-17(8-10-18)20(24)22-14-12-21(13-15-22)19(23)11-6-16-4-2-3-5-16/h7-10,16H,2-6,11-15H2,1H3. The molecule has 0 atom stereocenters. The Balaban J connectivity index is 1.45. The van der Waals surface area contributed by atoms with Crippen molar-refractivity contribution in [1.29, 1.82) is 0 Å². The lowest BCUT2D eigenvalue weighted by Crippen LogP contribution is -2.50. The zero-order chi connectivity index (χ0) is 17.6. The van der Waals surface area contributed by atoms with Gasteiger partial charge >= 0.3 is 0 Å². The molecule has 1 saturated heterocycles. The van der Waals surface area contributed by atoms with E-state index in [1.54, 1.807) is 11.8 Å². The molecule has 1 heterocycles. The summed E-state index contributed by atoms with van der Waals surface area (Å²) in [4.78, 5) is 30.0. The third kappa shape index (κ3) is 4.78. The van der Waals surface area contributed by atoms with E-state index in [1.165, 1.54) is 25.7 Å². The van der Waals surface area contributed by atoms with E-state index in [2.05, 4.69) is 0 Å². The Bertz CT molecular complexity index is 588. The molecule has 0 N–H and O–H groups in total. The van der Waals surface area contributed by atoms with Crippen molar-refractivity contribution in [1.82, 2.24) is 9.80 Å². The van der Waals surface area contributed by atoms with Gasteiger partial charge in [-0.2, -0.15) is 0 Å². The van der Waals surface area contributed by atoms with Gasteiger partial charge in [-0.05, 0) is 42.9 Å². The Morgan fingerprint density at radius 1 is 1.00 bits per heavy atom. The normalized spacial score (nSPS) is 18.6. The average Bonchev–Trinajstić information content (AvgIpc) is 3.19. The van der Waals surface area contributed by atoms with Crippen molar-refractivity contribution in [2.24, 2.45) is 5.92 Å². The molecule has 0 radical (unpaired) electrons. The van der Waals surface area contributed by atoms with Crippen LogP contribution in [0.25, 0.3) is 0 Å². The second-order valence-corrected chi connectivity index (χ2v) is 7.97. The summed E-state index contributed by atoms with van der Waals surface area (Å²) in [5.74, 6) is 1.10. The van der Waals surface area contributed by atoms with Gasteiger partial charge in [0.2, 0.25) is 5.91 Å². The van der Waals surface area contributed by atoms with Crippen LogP contribution in [0, 0.1) is 5.92 Å². The van der Waals surface area contributed by atoms with Crippen LogP contribution in [0.4, 0.5) is 0 Å². The Hall–Kier alpha value is -1.49. The van der Waals surface area contributed by atoms with Crippen LogP contribution in [0.3, 0.4) is 0 Å². The lowest BCUT2D eigenvalue weighted by atomic mass is 10.0. The Morgan fingerprint density at radius 2 is 1.60 bits per heavy atom. The number of carbonyl (C=O) groups is 2. The van der Waals surface area contributed by atoms with Crippen LogP contribution < -0.4 is 0 Å². The number of rotatable bonds is 5. The molecule has 2 fully saturated rings. The number of nitrogens with zero attached hydrogens (tertiary/aromatic N) is 2. The van der Waals surface area contributed by atoms with Crippen LogP contribution in [0.15, 0.2) is 29.2 Å². The van der Waals surface area contributed by atoms with Gasteiger partial charge in [0.15, 0.2) is 0 Å². The number of benzene rings is 1. The van der Waals surface area contributed by atoms with E-state index in [0.717, 1.165) is 22.8 Å². The third-order valence-corrected chi connectivity index (χ3v) is 6.24. The highest BCUT2D eigenvalue weighted by molar-refractivity contribution is 7.98. The van der Waals surface area contributed by atoms with Gasteiger partial charge in [-0.3, -0.25) is 9.59 Å². The van der Waals surface area contributed by atoms with Crippen molar-refractivity contribution in [3.63, 3.8) is 0 Å². The maximum atomic E-state index is 12.6. The minimum atomic E-state index is 0.0747. The molecule has 1 saturated carbocycles. The number of thioether (sulfide) groups is 1. The SMILES string of the molecule is CSc1ccc(C(=O)N2CCN(C(=O)CCC3CCCC3)CC2)cc1. The summed E-state index contributed by atoms with van der Waals surface area (Å²) in [5, 5.41) is 0. The first-order valence-corrected chi connectivity index (χ1v) is 10.6. The van der Waals surface area contributed by atoms with Crippen LogP contribution in [0.5, 0.6) is 0 Å².